The minimum absolute atomic E-state index is 0. The molecule has 0 bridgehead atoms. The van der Waals surface area contributed by atoms with Crippen molar-refractivity contribution in [3.8, 4) is 11.1 Å². The minimum atomic E-state index is 0. The summed E-state index contributed by atoms with van der Waals surface area (Å²) < 4.78 is 0. The Labute approximate surface area is 101 Å². The van der Waals surface area contributed by atoms with Crippen LogP contribution in [0, 0.1) is 6.92 Å². The average Bonchev–Trinajstić information content (AvgIpc) is 2.20. The number of rotatable bonds is 1. The number of hydrogen-bond donors (Lipinski definition) is 0. The Morgan fingerprint density at radius 1 is 0.714 bits per heavy atom. The van der Waals surface area contributed by atoms with Crippen molar-refractivity contribution in [3.63, 3.8) is 0 Å². The molecule has 0 saturated heterocycles. The maximum atomic E-state index is 4.00. The van der Waals surface area contributed by atoms with Crippen LogP contribution < -0.4 is 0 Å². The standard InChI is InChI=1S/C13H11.Mg.2H/c1-11-7-5-6-10-13(11)12-8-3-2-4-9-12;;;/h2-10H,1H2;;;. The molecule has 67 valence electrons. The molecule has 0 nitrogen and oxygen atoms in total. The molecule has 2 rings (SSSR count). The lowest BCUT2D eigenvalue weighted by Crippen LogP contribution is -1.80. The highest BCUT2D eigenvalue weighted by Crippen LogP contribution is 2.21. The van der Waals surface area contributed by atoms with E-state index in [9.17, 15) is 0 Å². The van der Waals surface area contributed by atoms with E-state index < -0.39 is 0 Å². The lowest BCUT2D eigenvalue weighted by Gasteiger charge is -2.04. The summed E-state index contributed by atoms with van der Waals surface area (Å²) in [6, 6.07) is 18.5. The number of hydrogen-bond acceptors (Lipinski definition) is 0. The fraction of sp³-hybridized carbons (Fsp3) is 0. The zero-order chi connectivity index (χ0) is 9.10. The van der Waals surface area contributed by atoms with Gasteiger partial charge in [-0.25, -0.2) is 0 Å². The molecule has 2 aromatic rings. The average molecular weight is 194 g/mol. The fourth-order valence-corrected chi connectivity index (χ4v) is 1.42. The van der Waals surface area contributed by atoms with Crippen LogP contribution in [0.15, 0.2) is 54.6 Å². The van der Waals surface area contributed by atoms with Gasteiger partial charge in [0.05, 0.1) is 0 Å². The van der Waals surface area contributed by atoms with Gasteiger partial charge in [-0.2, -0.15) is 0 Å². The normalized spacial score (nSPS) is 9.21. The topological polar surface area (TPSA) is 0 Å². The highest BCUT2D eigenvalue weighted by atomic mass is 24.3. The van der Waals surface area contributed by atoms with Gasteiger partial charge in [0.25, 0.3) is 0 Å². The Kier molecular flexibility index (Phi) is 4.17. The summed E-state index contributed by atoms with van der Waals surface area (Å²) in [7, 11) is 0. The van der Waals surface area contributed by atoms with Gasteiger partial charge >= 0.3 is 23.1 Å². The Balaban J connectivity index is 0.000000980. The molecule has 0 saturated carbocycles. The molecule has 0 heterocycles. The van der Waals surface area contributed by atoms with Crippen molar-refractivity contribution < 1.29 is 0 Å². The van der Waals surface area contributed by atoms with Crippen LogP contribution in [0.2, 0.25) is 0 Å². The summed E-state index contributed by atoms with van der Waals surface area (Å²) in [5, 5.41) is 0. The highest BCUT2D eigenvalue weighted by Gasteiger charge is 1.97. The maximum absolute atomic E-state index is 4.00. The van der Waals surface area contributed by atoms with Crippen LogP contribution in [0.25, 0.3) is 11.1 Å². The first-order valence-electron chi connectivity index (χ1n) is 4.34. The SMILES string of the molecule is [CH2]c1ccccc1-c1ccccc1.[MgH2]. The van der Waals surface area contributed by atoms with Crippen molar-refractivity contribution in [2.75, 3.05) is 0 Å². The molecule has 0 unspecified atom stereocenters. The Morgan fingerprint density at radius 2 is 1.29 bits per heavy atom. The lowest BCUT2D eigenvalue weighted by atomic mass is 10.0. The van der Waals surface area contributed by atoms with E-state index in [4.69, 9.17) is 0 Å². The van der Waals surface area contributed by atoms with Gasteiger partial charge in [-0.15, -0.1) is 0 Å². The number of benzene rings is 2. The smallest absolute Gasteiger partial charge is 0.0622 e. The first-order chi connectivity index (χ1) is 6.38. The first-order valence-corrected chi connectivity index (χ1v) is 4.34. The lowest BCUT2D eigenvalue weighted by molar-refractivity contribution is 1.56. The third kappa shape index (κ3) is 2.37. The molecule has 0 aliphatic rings. The highest BCUT2D eigenvalue weighted by molar-refractivity contribution is 5.75. The van der Waals surface area contributed by atoms with E-state index in [1.54, 1.807) is 0 Å². The molecular weight excluding hydrogens is 180 g/mol. The van der Waals surface area contributed by atoms with Gasteiger partial charge in [0.15, 0.2) is 0 Å². The summed E-state index contributed by atoms with van der Waals surface area (Å²) in [4.78, 5) is 0. The van der Waals surface area contributed by atoms with Gasteiger partial charge in [0, 0.05) is 0 Å². The van der Waals surface area contributed by atoms with Crippen LogP contribution >= 0.6 is 0 Å². The van der Waals surface area contributed by atoms with E-state index in [0.717, 1.165) is 5.56 Å². The van der Waals surface area contributed by atoms with Crippen LogP contribution in [-0.4, -0.2) is 23.1 Å². The molecule has 1 radical (unpaired) electrons. The predicted octanol–water partition coefficient (Wildman–Crippen LogP) is 2.62. The second-order valence-corrected chi connectivity index (χ2v) is 3.02. The maximum Gasteiger partial charge on any atom is 0.316 e. The predicted molar refractivity (Wildman–Crippen MR) is 64.9 cm³/mol. The van der Waals surface area contributed by atoms with Crippen LogP contribution in [0.1, 0.15) is 5.56 Å². The molecule has 0 fully saturated rings. The summed E-state index contributed by atoms with van der Waals surface area (Å²) in [6.45, 7) is 4.00. The van der Waals surface area contributed by atoms with Crippen LogP contribution in [-0.2, 0) is 0 Å². The van der Waals surface area contributed by atoms with Gasteiger partial charge in [-0.05, 0) is 23.6 Å². The van der Waals surface area contributed by atoms with Crippen molar-refractivity contribution in [1.29, 1.82) is 0 Å². The van der Waals surface area contributed by atoms with E-state index in [2.05, 4.69) is 25.1 Å². The fourth-order valence-electron chi connectivity index (χ4n) is 1.42. The quantitative estimate of drug-likeness (QED) is 0.611. The van der Waals surface area contributed by atoms with E-state index in [0.29, 0.717) is 0 Å². The van der Waals surface area contributed by atoms with Crippen LogP contribution in [0.5, 0.6) is 0 Å². The van der Waals surface area contributed by atoms with Gasteiger partial charge in [0.1, 0.15) is 0 Å². The minimum Gasteiger partial charge on any atom is -0.0622 e. The zero-order valence-corrected chi connectivity index (χ0v) is 7.40. The van der Waals surface area contributed by atoms with E-state index >= 15 is 0 Å². The van der Waals surface area contributed by atoms with Gasteiger partial charge in [-0.3, -0.25) is 0 Å². The van der Waals surface area contributed by atoms with Crippen molar-refractivity contribution in [2.24, 2.45) is 0 Å². The third-order valence-electron chi connectivity index (χ3n) is 2.10. The largest absolute Gasteiger partial charge is 0.316 e. The summed E-state index contributed by atoms with van der Waals surface area (Å²) in [5.41, 5.74) is 3.52. The van der Waals surface area contributed by atoms with Crippen LogP contribution in [0.4, 0.5) is 0 Å². The molecule has 2 aromatic carbocycles. The van der Waals surface area contributed by atoms with Crippen molar-refractivity contribution in [2.45, 2.75) is 0 Å². The van der Waals surface area contributed by atoms with Gasteiger partial charge in [-0.1, -0.05) is 54.6 Å². The Hall–Kier alpha value is -0.794. The van der Waals surface area contributed by atoms with Crippen LogP contribution in [0.3, 0.4) is 0 Å². The molecule has 0 aromatic heterocycles. The van der Waals surface area contributed by atoms with Crippen molar-refractivity contribution in [1.82, 2.24) is 0 Å². The van der Waals surface area contributed by atoms with Crippen molar-refractivity contribution in [3.05, 3.63) is 67.1 Å². The molecule has 14 heavy (non-hydrogen) atoms. The summed E-state index contributed by atoms with van der Waals surface area (Å²) in [6.07, 6.45) is 0. The molecular formula is C13H13Mg. The van der Waals surface area contributed by atoms with E-state index in [-0.39, 0.29) is 23.1 Å². The molecule has 0 atom stereocenters. The summed E-state index contributed by atoms with van der Waals surface area (Å²) >= 11 is 0. The van der Waals surface area contributed by atoms with Gasteiger partial charge < -0.3 is 0 Å². The van der Waals surface area contributed by atoms with E-state index in [1.165, 1.54) is 11.1 Å². The second kappa shape index (κ2) is 5.18. The molecule has 0 aliphatic carbocycles. The molecule has 0 aliphatic heterocycles. The second-order valence-electron chi connectivity index (χ2n) is 3.02. The third-order valence-corrected chi connectivity index (χ3v) is 2.10. The Morgan fingerprint density at radius 3 is 1.93 bits per heavy atom. The molecule has 1 heteroatoms. The molecule has 0 amide bonds. The Bertz CT molecular complexity index is 393. The van der Waals surface area contributed by atoms with E-state index in [1.807, 2.05) is 36.4 Å². The molecule has 0 spiro atoms. The molecule has 0 N–H and O–H groups in total. The van der Waals surface area contributed by atoms with Gasteiger partial charge in [0.2, 0.25) is 0 Å². The zero-order valence-electron chi connectivity index (χ0n) is 7.40. The summed E-state index contributed by atoms with van der Waals surface area (Å²) in [5.74, 6) is 0. The first kappa shape index (κ1) is 11.3. The monoisotopic (exact) mass is 193 g/mol. The van der Waals surface area contributed by atoms with Crippen molar-refractivity contribution >= 4 is 23.1 Å².